The summed E-state index contributed by atoms with van der Waals surface area (Å²) < 4.78 is 12.1. The molecule has 1 heterocycles. The second-order valence-electron chi connectivity index (χ2n) is 6.43. The van der Waals surface area contributed by atoms with E-state index in [2.05, 4.69) is 42.2 Å². The van der Waals surface area contributed by atoms with Gasteiger partial charge in [0.1, 0.15) is 11.3 Å². The van der Waals surface area contributed by atoms with Gasteiger partial charge in [-0.25, -0.2) is 4.98 Å². The molecular weight excluding hydrogens is 349 g/mol. The molecule has 131 valence electrons. The van der Waals surface area contributed by atoms with Crippen molar-refractivity contribution < 1.29 is 7.58 Å². The molecule has 0 aliphatic carbocycles. The zero-order chi connectivity index (χ0) is 18.6. The summed E-state index contributed by atoms with van der Waals surface area (Å²) >= 11 is -0.710. The van der Waals surface area contributed by atoms with E-state index in [0.717, 1.165) is 39.2 Å². The molecule has 0 saturated heterocycles. The van der Waals surface area contributed by atoms with Gasteiger partial charge in [-0.15, -0.1) is 0 Å². The van der Waals surface area contributed by atoms with Crippen LogP contribution in [0.25, 0.3) is 22.0 Å². The lowest BCUT2D eigenvalue weighted by molar-refractivity contribution is 0.462. The Morgan fingerprint density at radius 1 is 0.741 bits per heavy atom. The number of benzene rings is 3. The highest BCUT2D eigenvalue weighted by atomic mass is 27.2. The molecule has 0 unspecified atom stereocenters. The van der Waals surface area contributed by atoms with Crippen LogP contribution in [0.1, 0.15) is 11.3 Å². The molecule has 0 aliphatic rings. The van der Waals surface area contributed by atoms with Crippen molar-refractivity contribution in [3.63, 3.8) is 0 Å². The van der Waals surface area contributed by atoms with Gasteiger partial charge in [0.15, 0.2) is 0 Å². The monoisotopic (exact) mass is 368 g/mol. The Labute approximate surface area is 166 Å². The lowest BCUT2D eigenvalue weighted by Gasteiger charge is -2.14. The van der Waals surface area contributed by atoms with Crippen LogP contribution in [-0.2, 0) is 0 Å². The van der Waals surface area contributed by atoms with E-state index in [0.29, 0.717) is 0 Å². The number of hydrogen-bond acceptors (Lipinski definition) is 3. The van der Waals surface area contributed by atoms with E-state index in [1.165, 1.54) is 5.56 Å². The number of hydrogen-bond donors (Lipinski definition) is 0. The SMILES string of the molecule is Cc1cc(C)c2cccc([O][Al][O]c3ccccc3-c3ccccc3)c2n1. The fourth-order valence-electron chi connectivity index (χ4n) is 3.20. The highest BCUT2D eigenvalue weighted by Crippen LogP contribution is 2.30. The smallest absolute Gasteiger partial charge is 0.615 e. The third kappa shape index (κ3) is 3.83. The summed E-state index contributed by atoms with van der Waals surface area (Å²) in [6.45, 7) is 4.10. The van der Waals surface area contributed by atoms with Crippen molar-refractivity contribution in [1.82, 2.24) is 4.98 Å². The predicted molar refractivity (Wildman–Crippen MR) is 110 cm³/mol. The van der Waals surface area contributed by atoms with E-state index in [-0.39, 0.29) is 0 Å². The van der Waals surface area contributed by atoms with Crippen molar-refractivity contribution in [2.24, 2.45) is 0 Å². The van der Waals surface area contributed by atoms with Gasteiger partial charge in [-0.05, 0) is 43.2 Å². The highest BCUT2D eigenvalue weighted by Gasteiger charge is 2.13. The first kappa shape index (κ1) is 17.6. The first-order valence-corrected chi connectivity index (χ1v) is 9.83. The number of rotatable bonds is 5. The minimum Gasteiger partial charge on any atom is -0.615 e. The first-order chi connectivity index (χ1) is 13.2. The number of fused-ring (bicyclic) bond motifs is 1. The Morgan fingerprint density at radius 3 is 2.30 bits per heavy atom. The number of nitrogens with zero attached hydrogens (tertiary/aromatic N) is 1. The van der Waals surface area contributed by atoms with Crippen LogP contribution in [0.3, 0.4) is 0 Å². The Balaban J connectivity index is 1.56. The second kappa shape index (κ2) is 7.84. The molecule has 4 aromatic rings. The molecule has 0 atom stereocenters. The molecule has 0 spiro atoms. The summed E-state index contributed by atoms with van der Waals surface area (Å²) in [5.41, 5.74) is 5.28. The summed E-state index contributed by atoms with van der Waals surface area (Å²) in [6.07, 6.45) is 0. The minimum atomic E-state index is -0.710. The molecule has 0 N–H and O–H groups in total. The van der Waals surface area contributed by atoms with Gasteiger partial charge in [0, 0.05) is 16.6 Å². The van der Waals surface area contributed by atoms with Gasteiger partial charge in [-0.1, -0.05) is 60.7 Å². The van der Waals surface area contributed by atoms with Gasteiger partial charge in [0.25, 0.3) is 0 Å². The van der Waals surface area contributed by atoms with Gasteiger partial charge < -0.3 is 7.58 Å². The van der Waals surface area contributed by atoms with Crippen molar-refractivity contribution in [3.05, 3.63) is 90.1 Å². The third-order valence-electron chi connectivity index (χ3n) is 4.46. The maximum atomic E-state index is 6.04. The standard InChI is InChI=1S/C12H10O.C11H11NO.Al/c13-12-9-5-4-8-11(12)10-6-2-1-3-7-10;1-7-6-8(2)12-11-9(7)4-3-5-10(11)13;/h1-9,13H;3-6,13H,1-2H3;/q;;+2/p-2. The van der Waals surface area contributed by atoms with E-state index in [1.807, 2.05) is 55.5 Å². The minimum absolute atomic E-state index is 0.710. The van der Waals surface area contributed by atoms with Crippen LogP contribution in [0.2, 0.25) is 0 Å². The summed E-state index contributed by atoms with van der Waals surface area (Å²) in [7, 11) is 0. The summed E-state index contributed by atoms with van der Waals surface area (Å²) in [4.78, 5) is 4.66. The highest BCUT2D eigenvalue weighted by molar-refractivity contribution is 6.21. The van der Waals surface area contributed by atoms with E-state index in [4.69, 9.17) is 7.58 Å². The molecule has 3 nitrogen and oxygen atoms in total. The molecule has 0 fully saturated rings. The van der Waals surface area contributed by atoms with E-state index in [9.17, 15) is 0 Å². The lowest BCUT2D eigenvalue weighted by atomic mass is 10.1. The van der Waals surface area contributed by atoms with Crippen LogP contribution >= 0.6 is 0 Å². The molecular formula is C23H19AlNO2. The fraction of sp³-hybridized carbons (Fsp3) is 0.0870. The molecule has 0 saturated carbocycles. The molecule has 27 heavy (non-hydrogen) atoms. The molecule has 4 heteroatoms. The summed E-state index contributed by atoms with van der Waals surface area (Å²) in [5.74, 6) is 1.60. The van der Waals surface area contributed by atoms with Crippen molar-refractivity contribution in [2.75, 3.05) is 0 Å². The van der Waals surface area contributed by atoms with Crippen LogP contribution in [-0.4, -0.2) is 20.9 Å². The van der Waals surface area contributed by atoms with Gasteiger partial charge in [-0.3, -0.25) is 0 Å². The average Bonchev–Trinajstić information content (AvgIpc) is 2.69. The van der Waals surface area contributed by atoms with Gasteiger partial charge in [0.2, 0.25) is 0 Å². The Morgan fingerprint density at radius 2 is 1.44 bits per heavy atom. The third-order valence-corrected chi connectivity index (χ3v) is 5.16. The molecule has 4 rings (SSSR count). The number of aromatic nitrogens is 1. The predicted octanol–water partition coefficient (Wildman–Crippen LogP) is 5.51. The van der Waals surface area contributed by atoms with Crippen LogP contribution in [0.4, 0.5) is 0 Å². The quantitative estimate of drug-likeness (QED) is 0.435. The summed E-state index contributed by atoms with van der Waals surface area (Å²) in [5, 5.41) is 1.11. The van der Waals surface area contributed by atoms with Gasteiger partial charge in [-0.2, -0.15) is 0 Å². The molecule has 0 aliphatic heterocycles. The van der Waals surface area contributed by atoms with Crippen molar-refractivity contribution in [1.29, 1.82) is 0 Å². The Hall–Kier alpha value is -2.80. The normalized spacial score (nSPS) is 10.6. The van der Waals surface area contributed by atoms with Crippen LogP contribution < -0.4 is 7.58 Å². The number of para-hydroxylation sites is 2. The van der Waals surface area contributed by atoms with Crippen LogP contribution in [0.5, 0.6) is 11.5 Å². The largest absolute Gasteiger partial charge is 0.881 e. The van der Waals surface area contributed by atoms with E-state index < -0.39 is 15.9 Å². The molecule has 1 radical (unpaired) electrons. The zero-order valence-electron chi connectivity index (χ0n) is 15.3. The molecule has 1 aromatic heterocycles. The topological polar surface area (TPSA) is 31.4 Å². The van der Waals surface area contributed by atoms with Gasteiger partial charge in [0.05, 0.1) is 5.75 Å². The molecule has 0 bridgehead atoms. The Bertz CT molecular complexity index is 1080. The number of pyridine rings is 1. The van der Waals surface area contributed by atoms with Crippen LogP contribution in [0.15, 0.2) is 78.9 Å². The molecule has 3 aromatic carbocycles. The second-order valence-corrected chi connectivity index (χ2v) is 7.09. The van der Waals surface area contributed by atoms with Crippen molar-refractivity contribution >= 4 is 26.8 Å². The maximum Gasteiger partial charge on any atom is 0.881 e. The van der Waals surface area contributed by atoms with Gasteiger partial charge >= 0.3 is 15.9 Å². The van der Waals surface area contributed by atoms with Crippen molar-refractivity contribution in [2.45, 2.75) is 13.8 Å². The molecule has 0 amide bonds. The maximum absolute atomic E-state index is 6.04. The van der Waals surface area contributed by atoms with Crippen molar-refractivity contribution in [3.8, 4) is 22.6 Å². The Kier molecular flexibility index (Phi) is 5.11. The number of aryl methyl sites for hydroxylation is 2. The fourth-order valence-corrected chi connectivity index (χ4v) is 3.86. The lowest BCUT2D eigenvalue weighted by Crippen LogP contribution is -2.12. The average molecular weight is 368 g/mol. The van der Waals surface area contributed by atoms with E-state index >= 15 is 0 Å². The van der Waals surface area contributed by atoms with Crippen LogP contribution in [0, 0.1) is 13.8 Å². The van der Waals surface area contributed by atoms with E-state index in [1.54, 1.807) is 0 Å². The zero-order valence-corrected chi connectivity index (χ0v) is 16.5. The summed E-state index contributed by atoms with van der Waals surface area (Å²) in [6, 6.07) is 26.4. The first-order valence-electron chi connectivity index (χ1n) is 8.89.